The van der Waals surface area contributed by atoms with Gasteiger partial charge in [-0.2, -0.15) is 0 Å². The zero-order chi connectivity index (χ0) is 22.5. The largest absolute Gasteiger partial charge is 0.444 e. The van der Waals surface area contributed by atoms with Gasteiger partial charge < -0.3 is 20.3 Å². The number of hydrogen-bond donors (Lipinski definition) is 2. The van der Waals surface area contributed by atoms with Crippen molar-refractivity contribution >= 4 is 17.9 Å². The minimum absolute atomic E-state index is 0.0739. The second-order valence-electron chi connectivity index (χ2n) is 8.69. The van der Waals surface area contributed by atoms with Crippen molar-refractivity contribution in [1.29, 1.82) is 0 Å². The number of carbonyl (C=O) groups is 3. The van der Waals surface area contributed by atoms with Crippen molar-refractivity contribution in [3.05, 3.63) is 34.9 Å². The monoisotopic (exact) mass is 405 g/mol. The summed E-state index contributed by atoms with van der Waals surface area (Å²) >= 11 is 0. The van der Waals surface area contributed by atoms with E-state index in [2.05, 4.69) is 10.6 Å². The molecule has 0 radical (unpaired) electrons. The molecule has 162 valence electrons. The fourth-order valence-electron chi connectivity index (χ4n) is 3.10. The number of benzene rings is 1. The molecule has 29 heavy (non-hydrogen) atoms. The zero-order valence-corrected chi connectivity index (χ0v) is 19.0. The second kappa shape index (κ2) is 9.76. The quantitative estimate of drug-likeness (QED) is 0.761. The lowest BCUT2D eigenvalue weighted by atomic mass is 9.94. The van der Waals surface area contributed by atoms with Crippen LogP contribution in [-0.2, 0) is 14.3 Å². The van der Waals surface area contributed by atoms with E-state index in [1.807, 2.05) is 45.9 Å². The molecule has 0 aliphatic heterocycles. The number of rotatable bonds is 6. The summed E-state index contributed by atoms with van der Waals surface area (Å²) in [5, 5.41) is 5.45. The van der Waals surface area contributed by atoms with Gasteiger partial charge in [-0.1, -0.05) is 18.2 Å². The predicted octanol–water partition coefficient (Wildman–Crippen LogP) is 3.24. The summed E-state index contributed by atoms with van der Waals surface area (Å²) in [7, 11) is 1.58. The van der Waals surface area contributed by atoms with Crippen molar-refractivity contribution in [3.8, 4) is 0 Å². The molecule has 0 bridgehead atoms. The molecule has 0 aromatic heterocycles. The third-order valence-corrected chi connectivity index (χ3v) is 4.33. The summed E-state index contributed by atoms with van der Waals surface area (Å²) < 4.78 is 5.22. The Morgan fingerprint density at radius 3 is 1.97 bits per heavy atom. The van der Waals surface area contributed by atoms with Crippen molar-refractivity contribution in [1.82, 2.24) is 15.5 Å². The molecule has 0 fully saturated rings. The number of ether oxygens (including phenoxy) is 1. The smallest absolute Gasteiger partial charge is 0.408 e. The van der Waals surface area contributed by atoms with Gasteiger partial charge in [-0.05, 0) is 72.1 Å². The topological polar surface area (TPSA) is 87.7 Å². The van der Waals surface area contributed by atoms with E-state index in [1.165, 1.54) is 4.90 Å². The Hall–Kier alpha value is -2.57. The molecule has 2 N–H and O–H groups in total. The summed E-state index contributed by atoms with van der Waals surface area (Å²) in [6.45, 7) is 14.4. The average Bonchev–Trinajstić information content (AvgIpc) is 2.54. The zero-order valence-electron chi connectivity index (χ0n) is 19.0. The highest BCUT2D eigenvalue weighted by Crippen LogP contribution is 2.27. The lowest BCUT2D eigenvalue weighted by Gasteiger charge is -2.32. The first-order chi connectivity index (χ1) is 13.2. The maximum absolute atomic E-state index is 13.0. The number of hydrogen-bond acceptors (Lipinski definition) is 4. The molecule has 0 saturated carbocycles. The first-order valence-electron chi connectivity index (χ1n) is 9.87. The molecular formula is C22H35N3O4. The van der Waals surface area contributed by atoms with Crippen molar-refractivity contribution in [2.45, 2.75) is 79.1 Å². The van der Waals surface area contributed by atoms with Crippen molar-refractivity contribution in [2.75, 3.05) is 7.05 Å². The van der Waals surface area contributed by atoms with E-state index in [-0.39, 0.29) is 17.9 Å². The van der Waals surface area contributed by atoms with Gasteiger partial charge in [0.2, 0.25) is 11.8 Å². The van der Waals surface area contributed by atoms with Crippen LogP contribution in [0.1, 0.15) is 64.3 Å². The second-order valence-corrected chi connectivity index (χ2v) is 8.69. The van der Waals surface area contributed by atoms with E-state index in [4.69, 9.17) is 4.74 Å². The Balaban J connectivity index is 3.16. The van der Waals surface area contributed by atoms with E-state index >= 15 is 0 Å². The van der Waals surface area contributed by atoms with Crippen molar-refractivity contribution in [3.63, 3.8) is 0 Å². The summed E-state index contributed by atoms with van der Waals surface area (Å²) in [5.74, 6) is -0.653. The van der Waals surface area contributed by atoms with E-state index in [0.29, 0.717) is 0 Å². The molecule has 2 unspecified atom stereocenters. The number of aryl methyl sites for hydroxylation is 2. The van der Waals surface area contributed by atoms with Crippen LogP contribution in [0.5, 0.6) is 0 Å². The molecule has 0 spiro atoms. The van der Waals surface area contributed by atoms with Crippen LogP contribution in [-0.4, -0.2) is 47.5 Å². The molecule has 3 amide bonds. The van der Waals surface area contributed by atoms with Crippen LogP contribution >= 0.6 is 0 Å². The molecule has 1 aromatic rings. The van der Waals surface area contributed by atoms with Crippen molar-refractivity contribution in [2.24, 2.45) is 0 Å². The van der Waals surface area contributed by atoms with Gasteiger partial charge in [0.1, 0.15) is 17.7 Å². The Kier molecular flexibility index (Phi) is 8.24. The lowest BCUT2D eigenvalue weighted by molar-refractivity contribution is -0.140. The number of nitrogens with zero attached hydrogens (tertiary/aromatic N) is 1. The van der Waals surface area contributed by atoms with Gasteiger partial charge in [0.15, 0.2) is 0 Å². The first kappa shape index (κ1) is 24.5. The van der Waals surface area contributed by atoms with Gasteiger partial charge in [-0.3, -0.25) is 9.59 Å². The highest BCUT2D eigenvalue weighted by atomic mass is 16.6. The number of alkyl carbamates (subject to hydrolysis) is 1. The van der Waals surface area contributed by atoms with Gasteiger partial charge in [0, 0.05) is 13.1 Å². The molecule has 0 aliphatic rings. The molecule has 0 heterocycles. The number of carbonyl (C=O) groups excluding carboxylic acids is 3. The van der Waals surface area contributed by atoms with E-state index < -0.39 is 23.8 Å². The predicted molar refractivity (Wildman–Crippen MR) is 114 cm³/mol. The van der Waals surface area contributed by atoms with Gasteiger partial charge in [0.05, 0.1) is 0 Å². The maximum atomic E-state index is 13.0. The normalized spacial score (nSPS) is 13.4. The van der Waals surface area contributed by atoms with Crippen LogP contribution in [0.3, 0.4) is 0 Å². The van der Waals surface area contributed by atoms with Crippen LogP contribution in [0, 0.1) is 13.8 Å². The maximum Gasteiger partial charge on any atom is 0.408 e. The average molecular weight is 406 g/mol. The molecule has 1 aromatic carbocycles. The summed E-state index contributed by atoms with van der Waals surface area (Å²) in [5.41, 5.74) is 1.95. The van der Waals surface area contributed by atoms with Gasteiger partial charge in [-0.15, -0.1) is 0 Å². The van der Waals surface area contributed by atoms with Crippen LogP contribution in [0.15, 0.2) is 18.2 Å². The summed E-state index contributed by atoms with van der Waals surface area (Å²) in [6, 6.07) is 4.01. The fraction of sp³-hybridized carbons (Fsp3) is 0.591. The van der Waals surface area contributed by atoms with Gasteiger partial charge in [-0.25, -0.2) is 4.79 Å². The molecule has 1 rings (SSSR count). The highest BCUT2D eigenvalue weighted by molar-refractivity contribution is 5.92. The summed E-state index contributed by atoms with van der Waals surface area (Å²) in [6.07, 6.45) is -0.679. The third-order valence-electron chi connectivity index (χ3n) is 4.33. The van der Waals surface area contributed by atoms with Gasteiger partial charge in [0.25, 0.3) is 0 Å². The number of nitrogens with one attached hydrogen (secondary N) is 2. The Bertz CT molecular complexity index is 733. The van der Waals surface area contributed by atoms with E-state index in [0.717, 1.165) is 16.7 Å². The standard InChI is InChI=1S/C22H35N3O4/c1-13(2)23-19(26)18(17-14(3)11-10-12-15(17)4)25(9)20(27)16(5)24-21(28)29-22(6,7)8/h10-13,16,18H,1-9H3,(H,23,26)(H,24,28). The molecule has 7 heteroatoms. The Morgan fingerprint density at radius 2 is 1.52 bits per heavy atom. The molecule has 2 atom stereocenters. The van der Waals surface area contributed by atoms with Crippen LogP contribution in [0.4, 0.5) is 4.79 Å². The number of likely N-dealkylation sites (N-methyl/N-ethyl adjacent to an activating group) is 1. The lowest BCUT2D eigenvalue weighted by Crippen LogP contribution is -2.51. The van der Waals surface area contributed by atoms with Crippen molar-refractivity contribution < 1.29 is 19.1 Å². The Labute approximate surface area is 174 Å². The Morgan fingerprint density at radius 1 is 1.00 bits per heavy atom. The SMILES string of the molecule is Cc1cccc(C)c1C(C(=O)NC(C)C)N(C)C(=O)C(C)NC(=O)OC(C)(C)C. The highest BCUT2D eigenvalue weighted by Gasteiger charge is 2.34. The van der Waals surface area contributed by atoms with E-state index in [9.17, 15) is 14.4 Å². The third kappa shape index (κ3) is 7.07. The minimum atomic E-state index is -0.853. The molecular weight excluding hydrogens is 370 g/mol. The summed E-state index contributed by atoms with van der Waals surface area (Å²) in [4.78, 5) is 39.5. The molecule has 0 aliphatic carbocycles. The van der Waals surface area contributed by atoms with Crippen LogP contribution in [0.25, 0.3) is 0 Å². The minimum Gasteiger partial charge on any atom is -0.444 e. The fourth-order valence-corrected chi connectivity index (χ4v) is 3.10. The number of amides is 3. The molecule has 0 saturated heterocycles. The van der Waals surface area contributed by atoms with E-state index in [1.54, 1.807) is 34.7 Å². The molecule has 7 nitrogen and oxygen atoms in total. The van der Waals surface area contributed by atoms with Crippen LogP contribution in [0.2, 0.25) is 0 Å². The van der Waals surface area contributed by atoms with Gasteiger partial charge >= 0.3 is 6.09 Å². The van der Waals surface area contributed by atoms with Crippen LogP contribution < -0.4 is 10.6 Å². The first-order valence-corrected chi connectivity index (χ1v) is 9.87.